The summed E-state index contributed by atoms with van der Waals surface area (Å²) >= 11 is 5.89. The van der Waals surface area contributed by atoms with Gasteiger partial charge in [-0.1, -0.05) is 31.4 Å². The molecule has 0 spiro atoms. The summed E-state index contributed by atoms with van der Waals surface area (Å²) in [7, 11) is -0.337. The molecule has 0 unspecified atom stereocenters. The van der Waals surface area contributed by atoms with Crippen LogP contribution in [0.5, 0.6) is 0 Å². The Labute approximate surface area is 144 Å². The SMILES string of the molecule is CCC[C@@H](CC(=O)c1ccc(Cl)cc1)B1OC(C)(C)C(C)(C)O1. The molecule has 0 aromatic heterocycles. The van der Waals surface area contributed by atoms with Crippen LogP contribution in [0.1, 0.15) is 64.2 Å². The predicted molar refractivity (Wildman–Crippen MR) is 95.1 cm³/mol. The minimum atomic E-state index is -0.368. The van der Waals surface area contributed by atoms with E-state index in [1.54, 1.807) is 24.3 Å². The third kappa shape index (κ3) is 4.17. The summed E-state index contributed by atoms with van der Waals surface area (Å²) in [5.74, 6) is 0.166. The van der Waals surface area contributed by atoms with E-state index in [0.717, 1.165) is 12.8 Å². The molecule has 1 heterocycles. The van der Waals surface area contributed by atoms with Gasteiger partial charge in [-0.3, -0.25) is 4.79 Å². The van der Waals surface area contributed by atoms with Crippen LogP contribution in [-0.4, -0.2) is 24.1 Å². The van der Waals surface area contributed by atoms with E-state index < -0.39 is 0 Å². The quantitative estimate of drug-likeness (QED) is 0.530. The second kappa shape index (κ2) is 6.96. The van der Waals surface area contributed by atoms with Gasteiger partial charge in [0, 0.05) is 22.8 Å². The van der Waals surface area contributed by atoms with Crippen LogP contribution in [0.3, 0.4) is 0 Å². The number of Topliss-reactive ketones (excluding diaryl/α,β-unsaturated/α-hetero) is 1. The van der Waals surface area contributed by atoms with Gasteiger partial charge in [0.15, 0.2) is 5.78 Å². The molecular weight excluding hydrogens is 310 g/mol. The molecule has 5 heteroatoms. The lowest BCUT2D eigenvalue weighted by molar-refractivity contribution is 0.00578. The highest BCUT2D eigenvalue weighted by Crippen LogP contribution is 2.42. The van der Waals surface area contributed by atoms with Crippen LogP contribution in [0.4, 0.5) is 0 Å². The van der Waals surface area contributed by atoms with Crippen LogP contribution < -0.4 is 0 Å². The van der Waals surface area contributed by atoms with Gasteiger partial charge in [0.1, 0.15) is 0 Å². The number of carbonyl (C=O) groups excluding carboxylic acids is 1. The fourth-order valence-electron chi connectivity index (χ4n) is 2.78. The van der Waals surface area contributed by atoms with Crippen LogP contribution in [0.2, 0.25) is 10.8 Å². The van der Waals surface area contributed by atoms with E-state index in [2.05, 4.69) is 6.92 Å². The second-order valence-electron chi connectivity index (χ2n) is 7.31. The molecule has 1 aliphatic rings. The molecule has 0 saturated carbocycles. The van der Waals surface area contributed by atoms with Gasteiger partial charge in [0.25, 0.3) is 0 Å². The van der Waals surface area contributed by atoms with Crippen molar-refractivity contribution < 1.29 is 14.1 Å². The Hall–Kier alpha value is -0.835. The summed E-state index contributed by atoms with van der Waals surface area (Å²) in [4.78, 5) is 12.6. The van der Waals surface area contributed by atoms with Gasteiger partial charge in [-0.25, -0.2) is 0 Å². The lowest BCUT2D eigenvalue weighted by Crippen LogP contribution is -2.41. The fraction of sp³-hybridized carbons (Fsp3) is 0.611. The molecule has 1 aliphatic heterocycles. The number of halogens is 1. The Kier molecular flexibility index (Phi) is 5.60. The third-order valence-corrected chi connectivity index (χ3v) is 5.18. The summed E-state index contributed by atoms with van der Waals surface area (Å²) in [6.07, 6.45) is 2.31. The van der Waals surface area contributed by atoms with Gasteiger partial charge < -0.3 is 9.31 Å². The summed E-state index contributed by atoms with van der Waals surface area (Å²) in [5.41, 5.74) is -0.0491. The largest absolute Gasteiger partial charge is 0.461 e. The van der Waals surface area contributed by atoms with Crippen molar-refractivity contribution in [3.05, 3.63) is 34.9 Å². The topological polar surface area (TPSA) is 35.5 Å². The fourth-order valence-corrected chi connectivity index (χ4v) is 2.90. The highest BCUT2D eigenvalue weighted by molar-refractivity contribution is 6.48. The van der Waals surface area contributed by atoms with Crippen LogP contribution in [0.25, 0.3) is 0 Å². The van der Waals surface area contributed by atoms with Crippen molar-refractivity contribution in [1.82, 2.24) is 0 Å². The van der Waals surface area contributed by atoms with Gasteiger partial charge in [-0.15, -0.1) is 0 Å². The lowest BCUT2D eigenvalue weighted by Gasteiger charge is -2.32. The molecule has 1 saturated heterocycles. The summed E-state index contributed by atoms with van der Waals surface area (Å²) in [6.45, 7) is 10.3. The molecule has 2 rings (SSSR count). The minimum absolute atomic E-state index is 0.0595. The number of rotatable bonds is 6. The van der Waals surface area contributed by atoms with Crippen LogP contribution in [-0.2, 0) is 9.31 Å². The monoisotopic (exact) mass is 336 g/mol. The van der Waals surface area contributed by atoms with Gasteiger partial charge in [-0.2, -0.15) is 0 Å². The maximum absolute atomic E-state index is 12.6. The molecule has 23 heavy (non-hydrogen) atoms. The van der Waals surface area contributed by atoms with Crippen molar-refractivity contribution in [2.75, 3.05) is 0 Å². The molecule has 0 aliphatic carbocycles. The molecular formula is C18H26BClO3. The zero-order chi connectivity index (χ0) is 17.3. The highest BCUT2D eigenvalue weighted by atomic mass is 35.5. The van der Waals surface area contributed by atoms with Gasteiger partial charge in [-0.05, 0) is 52.0 Å². The molecule has 1 fully saturated rings. The Bertz CT molecular complexity index is 538. The van der Waals surface area contributed by atoms with Crippen molar-refractivity contribution in [3.63, 3.8) is 0 Å². The van der Waals surface area contributed by atoms with Crippen molar-refractivity contribution in [2.24, 2.45) is 0 Å². The average molecular weight is 337 g/mol. The van der Waals surface area contributed by atoms with E-state index in [-0.39, 0.29) is 29.9 Å². The molecule has 126 valence electrons. The first-order valence-corrected chi connectivity index (χ1v) is 8.68. The maximum atomic E-state index is 12.6. The number of hydrogen-bond donors (Lipinski definition) is 0. The van der Waals surface area contributed by atoms with E-state index in [9.17, 15) is 4.79 Å². The summed E-state index contributed by atoms with van der Waals surface area (Å²) in [5, 5.41) is 0.637. The Balaban J connectivity index is 2.10. The third-order valence-electron chi connectivity index (χ3n) is 4.93. The van der Waals surface area contributed by atoms with Crippen molar-refractivity contribution in [1.29, 1.82) is 0 Å². The molecule has 0 radical (unpaired) electrons. The Morgan fingerprint density at radius 1 is 1.13 bits per heavy atom. The summed E-state index contributed by atoms with van der Waals surface area (Å²) in [6, 6.07) is 7.05. The van der Waals surface area contributed by atoms with E-state index in [1.807, 2.05) is 27.7 Å². The first-order chi connectivity index (χ1) is 10.7. The zero-order valence-electron chi connectivity index (χ0n) is 14.7. The zero-order valence-corrected chi connectivity index (χ0v) is 15.4. The van der Waals surface area contributed by atoms with E-state index in [1.165, 1.54) is 0 Å². The van der Waals surface area contributed by atoms with E-state index >= 15 is 0 Å². The maximum Gasteiger partial charge on any atom is 0.461 e. The van der Waals surface area contributed by atoms with Crippen molar-refractivity contribution in [3.8, 4) is 0 Å². The van der Waals surface area contributed by atoms with Crippen molar-refractivity contribution >= 4 is 24.5 Å². The van der Waals surface area contributed by atoms with E-state index in [0.29, 0.717) is 17.0 Å². The van der Waals surface area contributed by atoms with Crippen molar-refractivity contribution in [2.45, 2.75) is 70.9 Å². The number of carbonyl (C=O) groups is 1. The van der Waals surface area contributed by atoms with Crippen LogP contribution >= 0.6 is 11.6 Å². The smallest absolute Gasteiger partial charge is 0.403 e. The molecule has 0 bridgehead atoms. The number of ketones is 1. The lowest BCUT2D eigenvalue weighted by atomic mass is 9.66. The first-order valence-electron chi connectivity index (χ1n) is 8.30. The molecule has 1 atom stereocenters. The molecule has 3 nitrogen and oxygen atoms in total. The minimum Gasteiger partial charge on any atom is -0.403 e. The number of benzene rings is 1. The van der Waals surface area contributed by atoms with Crippen LogP contribution in [0.15, 0.2) is 24.3 Å². The second-order valence-corrected chi connectivity index (χ2v) is 7.74. The normalized spacial score (nSPS) is 20.5. The summed E-state index contributed by atoms with van der Waals surface area (Å²) < 4.78 is 12.3. The molecule has 1 aromatic rings. The Morgan fingerprint density at radius 2 is 1.65 bits per heavy atom. The van der Waals surface area contributed by atoms with Crippen LogP contribution in [0, 0.1) is 0 Å². The standard InChI is InChI=1S/C18H26BClO3/c1-6-7-14(19-22-17(2,3)18(4,5)23-19)12-16(21)13-8-10-15(20)11-9-13/h8-11,14H,6-7,12H2,1-5H3/t14-/m0/s1. The van der Waals surface area contributed by atoms with Gasteiger partial charge in [0.05, 0.1) is 11.2 Å². The van der Waals surface area contributed by atoms with Gasteiger partial charge in [0.2, 0.25) is 0 Å². The van der Waals surface area contributed by atoms with E-state index in [4.69, 9.17) is 20.9 Å². The molecule has 0 N–H and O–H groups in total. The Morgan fingerprint density at radius 3 is 2.13 bits per heavy atom. The predicted octanol–water partition coefficient (Wildman–Crippen LogP) is 5.18. The first kappa shape index (κ1) is 18.5. The number of hydrogen-bond acceptors (Lipinski definition) is 3. The van der Waals surface area contributed by atoms with Gasteiger partial charge >= 0.3 is 7.12 Å². The molecule has 1 aromatic carbocycles. The average Bonchev–Trinajstić information content (AvgIpc) is 2.67. The highest BCUT2D eigenvalue weighted by Gasteiger charge is 2.53. The molecule has 0 amide bonds.